The monoisotopic (exact) mass is 354 g/mol. The summed E-state index contributed by atoms with van der Waals surface area (Å²) in [6.07, 6.45) is 5.25. The molecule has 0 saturated carbocycles. The minimum absolute atomic E-state index is 0.135. The molecule has 0 aliphatic rings. The summed E-state index contributed by atoms with van der Waals surface area (Å²) in [6, 6.07) is 17.7. The van der Waals surface area contributed by atoms with Gasteiger partial charge in [-0.1, -0.05) is 24.3 Å². The van der Waals surface area contributed by atoms with Gasteiger partial charge in [-0.05, 0) is 53.9 Å². The molecule has 1 N–H and O–H groups in total. The largest absolute Gasteiger partial charge is 0.348 e. The van der Waals surface area contributed by atoms with Crippen LogP contribution in [-0.2, 0) is 6.54 Å². The van der Waals surface area contributed by atoms with Gasteiger partial charge in [0.25, 0.3) is 5.91 Å². The van der Waals surface area contributed by atoms with Crippen molar-refractivity contribution in [2.45, 2.75) is 13.5 Å². The van der Waals surface area contributed by atoms with Gasteiger partial charge in [-0.3, -0.25) is 9.78 Å². The van der Waals surface area contributed by atoms with Gasteiger partial charge in [-0.15, -0.1) is 0 Å². The van der Waals surface area contributed by atoms with Gasteiger partial charge in [-0.25, -0.2) is 9.97 Å². The smallest absolute Gasteiger partial charge is 0.253 e. The van der Waals surface area contributed by atoms with E-state index in [1.165, 1.54) is 0 Å². The fraction of sp³-hybridized carbons (Fsp3) is 0.0909. The molecular formula is C22H18N4O. The molecule has 1 aromatic carbocycles. The van der Waals surface area contributed by atoms with Crippen molar-refractivity contribution in [1.29, 1.82) is 0 Å². The van der Waals surface area contributed by atoms with Crippen molar-refractivity contribution in [2.24, 2.45) is 0 Å². The van der Waals surface area contributed by atoms with Crippen LogP contribution in [0.1, 0.15) is 21.6 Å². The van der Waals surface area contributed by atoms with Crippen LogP contribution < -0.4 is 5.32 Å². The van der Waals surface area contributed by atoms with E-state index in [2.05, 4.69) is 20.3 Å². The number of nitrogens with zero attached hydrogens (tertiary/aromatic N) is 3. The number of carbonyl (C=O) groups is 1. The Morgan fingerprint density at radius 2 is 1.70 bits per heavy atom. The van der Waals surface area contributed by atoms with E-state index in [1.807, 2.05) is 61.5 Å². The highest BCUT2D eigenvalue weighted by Crippen LogP contribution is 2.19. The third kappa shape index (κ3) is 3.67. The molecule has 5 nitrogen and oxygen atoms in total. The second-order valence-electron chi connectivity index (χ2n) is 6.29. The zero-order chi connectivity index (χ0) is 18.6. The molecule has 27 heavy (non-hydrogen) atoms. The van der Waals surface area contributed by atoms with Crippen molar-refractivity contribution in [3.05, 3.63) is 90.0 Å². The van der Waals surface area contributed by atoms with E-state index in [1.54, 1.807) is 18.6 Å². The summed E-state index contributed by atoms with van der Waals surface area (Å²) in [7, 11) is 0. The molecule has 0 aliphatic carbocycles. The Kier molecular flexibility index (Phi) is 4.58. The molecule has 5 heteroatoms. The minimum Gasteiger partial charge on any atom is -0.348 e. The first-order valence-corrected chi connectivity index (χ1v) is 8.70. The molecule has 0 spiro atoms. The van der Waals surface area contributed by atoms with Crippen LogP contribution in [0.3, 0.4) is 0 Å². The van der Waals surface area contributed by atoms with Gasteiger partial charge < -0.3 is 5.32 Å². The number of fused-ring (bicyclic) bond motifs is 1. The van der Waals surface area contributed by atoms with Crippen LogP contribution in [0.4, 0.5) is 0 Å². The summed E-state index contributed by atoms with van der Waals surface area (Å²) in [5.74, 6) is -0.135. The summed E-state index contributed by atoms with van der Waals surface area (Å²) in [4.78, 5) is 25.3. The maximum Gasteiger partial charge on any atom is 0.253 e. The molecule has 4 aromatic rings. The molecule has 4 rings (SSSR count). The number of aryl methyl sites for hydroxylation is 1. The molecule has 132 valence electrons. The van der Waals surface area contributed by atoms with Gasteiger partial charge in [0.1, 0.15) is 0 Å². The molecule has 0 radical (unpaired) electrons. The number of hydrogen-bond donors (Lipinski definition) is 1. The first kappa shape index (κ1) is 16.8. The lowest BCUT2D eigenvalue weighted by Gasteiger charge is -2.09. The molecule has 1 amide bonds. The van der Waals surface area contributed by atoms with Crippen molar-refractivity contribution in [1.82, 2.24) is 20.3 Å². The SMILES string of the molecule is Cc1nc2ncccc2cc1C(=O)NCc1ccc(-c2ccncc2)cc1. The number of carbonyl (C=O) groups excluding carboxylic acids is 1. The van der Waals surface area contributed by atoms with Crippen LogP contribution >= 0.6 is 0 Å². The van der Waals surface area contributed by atoms with Gasteiger partial charge >= 0.3 is 0 Å². The highest BCUT2D eigenvalue weighted by molar-refractivity contribution is 5.98. The third-order valence-corrected chi connectivity index (χ3v) is 4.45. The normalized spacial score (nSPS) is 10.7. The number of nitrogens with one attached hydrogen (secondary N) is 1. The average molecular weight is 354 g/mol. The van der Waals surface area contributed by atoms with Crippen LogP contribution in [0.2, 0.25) is 0 Å². The van der Waals surface area contributed by atoms with E-state index in [0.29, 0.717) is 23.4 Å². The van der Waals surface area contributed by atoms with Crippen molar-refractivity contribution in [2.75, 3.05) is 0 Å². The van der Waals surface area contributed by atoms with Gasteiger partial charge in [0, 0.05) is 30.5 Å². The highest BCUT2D eigenvalue weighted by Gasteiger charge is 2.12. The average Bonchev–Trinajstić information content (AvgIpc) is 2.72. The van der Waals surface area contributed by atoms with Crippen molar-refractivity contribution in [3.63, 3.8) is 0 Å². The Morgan fingerprint density at radius 1 is 0.963 bits per heavy atom. The van der Waals surface area contributed by atoms with Gasteiger partial charge in [0.2, 0.25) is 0 Å². The number of rotatable bonds is 4. The lowest BCUT2D eigenvalue weighted by atomic mass is 10.1. The number of hydrogen-bond acceptors (Lipinski definition) is 4. The summed E-state index contributed by atoms with van der Waals surface area (Å²) < 4.78 is 0. The summed E-state index contributed by atoms with van der Waals surface area (Å²) in [5, 5.41) is 3.83. The summed E-state index contributed by atoms with van der Waals surface area (Å²) in [6.45, 7) is 2.28. The van der Waals surface area contributed by atoms with Crippen molar-refractivity contribution >= 4 is 16.9 Å². The van der Waals surface area contributed by atoms with Crippen LogP contribution in [0, 0.1) is 6.92 Å². The van der Waals surface area contributed by atoms with Crippen LogP contribution in [-0.4, -0.2) is 20.9 Å². The Bertz CT molecular complexity index is 1090. The maximum absolute atomic E-state index is 12.6. The first-order chi connectivity index (χ1) is 13.2. The minimum atomic E-state index is -0.135. The topological polar surface area (TPSA) is 67.8 Å². The number of pyridine rings is 3. The van der Waals surface area contributed by atoms with Gasteiger partial charge in [0.15, 0.2) is 5.65 Å². The van der Waals surface area contributed by atoms with E-state index in [9.17, 15) is 4.79 Å². The van der Waals surface area contributed by atoms with Crippen molar-refractivity contribution in [3.8, 4) is 11.1 Å². The Morgan fingerprint density at radius 3 is 2.48 bits per heavy atom. The second-order valence-corrected chi connectivity index (χ2v) is 6.29. The highest BCUT2D eigenvalue weighted by atomic mass is 16.1. The Balaban J connectivity index is 1.47. The number of aromatic nitrogens is 3. The lowest BCUT2D eigenvalue weighted by Crippen LogP contribution is -2.24. The molecule has 0 unspecified atom stereocenters. The van der Waals surface area contributed by atoms with Crippen molar-refractivity contribution < 1.29 is 4.79 Å². The van der Waals surface area contributed by atoms with Gasteiger partial charge in [0.05, 0.1) is 11.3 Å². The van der Waals surface area contributed by atoms with E-state index < -0.39 is 0 Å². The summed E-state index contributed by atoms with van der Waals surface area (Å²) in [5.41, 5.74) is 5.17. The fourth-order valence-corrected chi connectivity index (χ4v) is 2.96. The van der Waals surface area contributed by atoms with Crippen LogP contribution in [0.15, 0.2) is 73.2 Å². The standard InChI is InChI=1S/C22H18N4O/c1-15-20(13-19-3-2-10-24-21(19)26-15)22(27)25-14-16-4-6-17(7-5-16)18-8-11-23-12-9-18/h2-13H,14H2,1H3,(H,25,27). The fourth-order valence-electron chi connectivity index (χ4n) is 2.96. The lowest BCUT2D eigenvalue weighted by molar-refractivity contribution is 0.0950. The molecule has 0 fully saturated rings. The van der Waals surface area contributed by atoms with E-state index in [0.717, 1.165) is 22.1 Å². The molecule has 0 atom stereocenters. The Labute approximate surface area is 157 Å². The van der Waals surface area contributed by atoms with Crippen LogP contribution in [0.5, 0.6) is 0 Å². The zero-order valence-corrected chi connectivity index (χ0v) is 14.9. The predicted molar refractivity (Wildman–Crippen MR) is 105 cm³/mol. The second kappa shape index (κ2) is 7.33. The molecule has 0 saturated heterocycles. The molecular weight excluding hydrogens is 336 g/mol. The van der Waals surface area contributed by atoms with Crippen LogP contribution in [0.25, 0.3) is 22.2 Å². The quantitative estimate of drug-likeness (QED) is 0.603. The van der Waals surface area contributed by atoms with Gasteiger partial charge in [-0.2, -0.15) is 0 Å². The summed E-state index contributed by atoms with van der Waals surface area (Å²) >= 11 is 0. The third-order valence-electron chi connectivity index (χ3n) is 4.45. The number of benzene rings is 1. The molecule has 0 aliphatic heterocycles. The molecule has 0 bridgehead atoms. The molecule has 3 aromatic heterocycles. The Hall–Kier alpha value is -3.60. The maximum atomic E-state index is 12.6. The van der Waals surface area contributed by atoms with E-state index in [4.69, 9.17) is 0 Å². The molecule has 3 heterocycles. The zero-order valence-electron chi connectivity index (χ0n) is 14.9. The number of amides is 1. The first-order valence-electron chi connectivity index (χ1n) is 8.70. The van der Waals surface area contributed by atoms with E-state index >= 15 is 0 Å². The predicted octanol–water partition coefficient (Wildman–Crippen LogP) is 3.93. The van der Waals surface area contributed by atoms with E-state index in [-0.39, 0.29) is 5.91 Å².